The first kappa shape index (κ1) is 18.1. The number of piperazine rings is 1. The summed E-state index contributed by atoms with van der Waals surface area (Å²) in [6.45, 7) is 4.77. The van der Waals surface area contributed by atoms with Crippen LogP contribution in [0.4, 0.5) is 0 Å². The lowest BCUT2D eigenvalue weighted by Gasteiger charge is -2.37. The van der Waals surface area contributed by atoms with Crippen molar-refractivity contribution in [3.8, 4) is 0 Å². The van der Waals surface area contributed by atoms with Gasteiger partial charge in [0.2, 0.25) is 0 Å². The number of aliphatic carboxylic acids is 1. The van der Waals surface area contributed by atoms with Crippen LogP contribution in [0.15, 0.2) is 58.3 Å². The molecule has 1 saturated heterocycles. The number of nitrogens with zero attached hydrogens (tertiary/aromatic N) is 2. The van der Waals surface area contributed by atoms with Crippen molar-refractivity contribution in [1.29, 1.82) is 0 Å². The highest BCUT2D eigenvalue weighted by Gasteiger charge is 2.23. The molecule has 1 N–H and O–H groups in total. The van der Waals surface area contributed by atoms with Crippen LogP contribution in [0.3, 0.4) is 0 Å². The molecule has 0 aliphatic carbocycles. The number of rotatable bonds is 5. The van der Waals surface area contributed by atoms with Crippen LogP contribution in [0.25, 0.3) is 11.8 Å². The molecule has 27 heavy (non-hydrogen) atoms. The SMILES string of the molecule is O=C(O)CCCN1CCN(C2=Cc3ccccc3Sc3ccccc32)CC1. The van der Waals surface area contributed by atoms with Gasteiger partial charge in [0.05, 0.1) is 0 Å². The van der Waals surface area contributed by atoms with Crippen LogP contribution in [-0.2, 0) is 4.79 Å². The lowest BCUT2D eigenvalue weighted by atomic mass is 10.1. The predicted molar refractivity (Wildman–Crippen MR) is 110 cm³/mol. The molecule has 0 aromatic heterocycles. The summed E-state index contributed by atoms with van der Waals surface area (Å²) in [5.41, 5.74) is 3.88. The summed E-state index contributed by atoms with van der Waals surface area (Å²) < 4.78 is 0. The van der Waals surface area contributed by atoms with Gasteiger partial charge >= 0.3 is 5.97 Å². The van der Waals surface area contributed by atoms with Crippen LogP contribution in [-0.4, -0.2) is 53.6 Å². The third-order valence-corrected chi connectivity index (χ3v) is 6.34. The highest BCUT2D eigenvalue weighted by atomic mass is 32.2. The third kappa shape index (κ3) is 4.20. The maximum Gasteiger partial charge on any atom is 0.303 e. The molecule has 0 radical (unpaired) electrons. The van der Waals surface area contributed by atoms with Crippen molar-refractivity contribution in [3.05, 3.63) is 59.7 Å². The molecule has 0 saturated carbocycles. The van der Waals surface area contributed by atoms with Gasteiger partial charge in [0, 0.05) is 53.7 Å². The standard InChI is InChI=1S/C22H24N2O2S/c25-22(26)10-5-11-23-12-14-24(15-13-23)19-16-17-6-1-3-8-20(17)27-21-9-4-2-7-18(19)21/h1-4,6-9,16H,5,10-15H2,(H,25,26). The van der Waals surface area contributed by atoms with Crippen molar-refractivity contribution in [3.63, 3.8) is 0 Å². The minimum atomic E-state index is -0.704. The van der Waals surface area contributed by atoms with Crippen molar-refractivity contribution < 1.29 is 9.90 Å². The molecule has 4 rings (SSSR count). The molecule has 2 aromatic carbocycles. The van der Waals surface area contributed by atoms with E-state index < -0.39 is 5.97 Å². The van der Waals surface area contributed by atoms with E-state index >= 15 is 0 Å². The van der Waals surface area contributed by atoms with E-state index in [1.165, 1.54) is 26.6 Å². The van der Waals surface area contributed by atoms with E-state index in [-0.39, 0.29) is 6.42 Å². The molecule has 0 unspecified atom stereocenters. The topological polar surface area (TPSA) is 43.8 Å². The van der Waals surface area contributed by atoms with Gasteiger partial charge in [-0.1, -0.05) is 48.2 Å². The lowest BCUT2D eigenvalue weighted by Crippen LogP contribution is -2.45. The van der Waals surface area contributed by atoms with E-state index in [1.807, 2.05) is 11.8 Å². The van der Waals surface area contributed by atoms with Crippen molar-refractivity contribution in [2.45, 2.75) is 22.6 Å². The fraction of sp³-hybridized carbons (Fsp3) is 0.318. The zero-order valence-electron chi connectivity index (χ0n) is 15.3. The number of carboxylic acid groups (broad SMARTS) is 1. The Balaban J connectivity index is 1.53. The molecule has 2 aromatic rings. The van der Waals surface area contributed by atoms with Gasteiger partial charge in [-0.3, -0.25) is 9.69 Å². The average molecular weight is 381 g/mol. The number of hydrogen-bond acceptors (Lipinski definition) is 4. The Hall–Kier alpha value is -2.24. The van der Waals surface area contributed by atoms with Crippen molar-refractivity contribution in [1.82, 2.24) is 9.80 Å². The summed E-state index contributed by atoms with van der Waals surface area (Å²) in [6.07, 6.45) is 3.31. The van der Waals surface area contributed by atoms with Gasteiger partial charge in [0.15, 0.2) is 0 Å². The van der Waals surface area contributed by atoms with Gasteiger partial charge in [0.1, 0.15) is 0 Å². The van der Waals surface area contributed by atoms with Crippen LogP contribution < -0.4 is 0 Å². The van der Waals surface area contributed by atoms with Gasteiger partial charge in [-0.05, 0) is 36.7 Å². The molecule has 0 amide bonds. The maximum atomic E-state index is 10.7. The van der Waals surface area contributed by atoms with Gasteiger partial charge in [-0.25, -0.2) is 0 Å². The molecule has 2 heterocycles. The lowest BCUT2D eigenvalue weighted by molar-refractivity contribution is -0.137. The van der Waals surface area contributed by atoms with Crippen molar-refractivity contribution in [2.24, 2.45) is 0 Å². The Bertz CT molecular complexity index is 857. The summed E-state index contributed by atoms with van der Waals surface area (Å²) >= 11 is 1.84. The first-order valence-corrected chi connectivity index (χ1v) is 10.3. The molecular weight excluding hydrogens is 356 g/mol. The molecule has 4 nitrogen and oxygen atoms in total. The van der Waals surface area contributed by atoms with E-state index in [0.29, 0.717) is 0 Å². The van der Waals surface area contributed by atoms with E-state index in [2.05, 4.69) is 64.4 Å². The summed E-state index contributed by atoms with van der Waals surface area (Å²) in [5, 5.41) is 8.82. The highest BCUT2D eigenvalue weighted by molar-refractivity contribution is 7.99. The normalized spacial score (nSPS) is 16.9. The van der Waals surface area contributed by atoms with E-state index in [0.717, 1.165) is 39.1 Å². The minimum absolute atomic E-state index is 0.257. The number of carboxylic acids is 1. The first-order chi connectivity index (χ1) is 13.2. The Labute approximate surface area is 164 Å². The van der Waals surface area contributed by atoms with Crippen LogP contribution >= 0.6 is 11.8 Å². The maximum absolute atomic E-state index is 10.7. The largest absolute Gasteiger partial charge is 0.481 e. The predicted octanol–water partition coefficient (Wildman–Crippen LogP) is 4.13. The van der Waals surface area contributed by atoms with Gasteiger partial charge < -0.3 is 10.0 Å². The van der Waals surface area contributed by atoms with E-state index in [4.69, 9.17) is 5.11 Å². The van der Waals surface area contributed by atoms with E-state index in [9.17, 15) is 4.79 Å². The molecule has 2 aliphatic rings. The smallest absolute Gasteiger partial charge is 0.303 e. The quantitative estimate of drug-likeness (QED) is 0.845. The second-order valence-electron chi connectivity index (χ2n) is 6.99. The number of carbonyl (C=O) groups is 1. The fourth-order valence-electron chi connectivity index (χ4n) is 3.73. The van der Waals surface area contributed by atoms with E-state index in [1.54, 1.807) is 0 Å². The second-order valence-corrected chi connectivity index (χ2v) is 8.08. The number of benzene rings is 2. The van der Waals surface area contributed by atoms with Crippen LogP contribution in [0.2, 0.25) is 0 Å². The Kier molecular flexibility index (Phi) is 5.50. The molecule has 0 atom stereocenters. The average Bonchev–Trinajstić information content (AvgIpc) is 2.85. The zero-order valence-corrected chi connectivity index (χ0v) is 16.1. The van der Waals surface area contributed by atoms with Crippen molar-refractivity contribution >= 4 is 29.5 Å². The molecule has 2 aliphatic heterocycles. The van der Waals surface area contributed by atoms with Crippen LogP contribution in [0.1, 0.15) is 24.0 Å². The molecule has 5 heteroatoms. The van der Waals surface area contributed by atoms with Crippen LogP contribution in [0, 0.1) is 0 Å². The second kappa shape index (κ2) is 8.19. The molecule has 0 bridgehead atoms. The molecular formula is C22H24N2O2S. The summed E-state index contributed by atoms with van der Waals surface area (Å²) in [4.78, 5) is 18.2. The van der Waals surface area contributed by atoms with Crippen LogP contribution in [0.5, 0.6) is 0 Å². The highest BCUT2D eigenvalue weighted by Crippen LogP contribution is 2.41. The monoisotopic (exact) mass is 380 g/mol. The van der Waals surface area contributed by atoms with Gasteiger partial charge in [0.25, 0.3) is 0 Å². The zero-order chi connectivity index (χ0) is 18.6. The number of fused-ring (bicyclic) bond motifs is 2. The van der Waals surface area contributed by atoms with Crippen molar-refractivity contribution in [2.75, 3.05) is 32.7 Å². The molecule has 0 spiro atoms. The Morgan fingerprint density at radius 2 is 1.67 bits per heavy atom. The molecule has 1 fully saturated rings. The first-order valence-electron chi connectivity index (χ1n) is 9.48. The summed E-state index contributed by atoms with van der Waals surface area (Å²) in [7, 11) is 0. The molecule has 140 valence electrons. The Morgan fingerprint density at radius 3 is 2.44 bits per heavy atom. The minimum Gasteiger partial charge on any atom is -0.481 e. The summed E-state index contributed by atoms with van der Waals surface area (Å²) in [6, 6.07) is 17.2. The third-order valence-electron chi connectivity index (χ3n) is 5.17. The van der Waals surface area contributed by atoms with Gasteiger partial charge in [-0.15, -0.1) is 0 Å². The number of hydrogen-bond donors (Lipinski definition) is 1. The fourth-order valence-corrected chi connectivity index (χ4v) is 4.79. The summed E-state index contributed by atoms with van der Waals surface area (Å²) in [5.74, 6) is -0.704. The Morgan fingerprint density at radius 1 is 0.963 bits per heavy atom. The van der Waals surface area contributed by atoms with Gasteiger partial charge in [-0.2, -0.15) is 0 Å².